The lowest BCUT2D eigenvalue weighted by Crippen LogP contribution is -2.47. The van der Waals surface area contributed by atoms with Gasteiger partial charge in [0, 0.05) is 25.2 Å². The minimum Gasteiger partial charge on any atom is -0.374 e. The van der Waals surface area contributed by atoms with E-state index in [-0.39, 0.29) is 12.0 Å². The van der Waals surface area contributed by atoms with Gasteiger partial charge in [-0.05, 0) is 18.0 Å². The van der Waals surface area contributed by atoms with Crippen molar-refractivity contribution in [3.8, 4) is 11.8 Å². The number of ether oxygens (including phenoxy) is 1. The summed E-state index contributed by atoms with van der Waals surface area (Å²) in [6.07, 6.45) is 0.0567. The molecule has 1 aromatic rings. The minimum absolute atomic E-state index is 0.0567. The summed E-state index contributed by atoms with van der Waals surface area (Å²) in [5, 5.41) is 4.80. The normalized spacial score (nSPS) is 18.9. The molecule has 0 aromatic carbocycles. The Hall–Kier alpha value is -1.39. The van der Waals surface area contributed by atoms with Crippen LogP contribution in [0.5, 0.6) is 0 Å². The number of likely N-dealkylation sites (N-methyl/N-ethyl adjacent to an activating group) is 1. The SMILES string of the molecule is CCN1CCOC(CNC(=O)c2sccc2C#CCN)C1. The number of thiophene rings is 1. The van der Waals surface area contributed by atoms with Crippen molar-refractivity contribution in [1.29, 1.82) is 0 Å². The molecule has 1 aromatic heterocycles. The molecule has 0 aliphatic carbocycles. The van der Waals surface area contributed by atoms with Gasteiger partial charge in [-0.3, -0.25) is 9.69 Å². The quantitative estimate of drug-likeness (QED) is 0.795. The summed E-state index contributed by atoms with van der Waals surface area (Å²) in [6.45, 7) is 6.51. The first kappa shape index (κ1) is 16.0. The second kappa shape index (κ2) is 8.15. The largest absolute Gasteiger partial charge is 0.374 e. The molecular formula is C15H21N3O2S. The Morgan fingerprint density at radius 3 is 3.29 bits per heavy atom. The zero-order valence-electron chi connectivity index (χ0n) is 12.2. The summed E-state index contributed by atoms with van der Waals surface area (Å²) < 4.78 is 5.68. The summed E-state index contributed by atoms with van der Waals surface area (Å²) in [5.41, 5.74) is 6.10. The molecular weight excluding hydrogens is 286 g/mol. The van der Waals surface area contributed by atoms with E-state index in [0.717, 1.165) is 31.8 Å². The smallest absolute Gasteiger partial charge is 0.262 e. The van der Waals surface area contributed by atoms with Crippen LogP contribution >= 0.6 is 11.3 Å². The third-order valence-electron chi connectivity index (χ3n) is 3.36. The van der Waals surface area contributed by atoms with Crippen LogP contribution in [0.1, 0.15) is 22.2 Å². The maximum atomic E-state index is 12.2. The Morgan fingerprint density at radius 1 is 1.67 bits per heavy atom. The van der Waals surface area contributed by atoms with Crippen molar-refractivity contribution in [2.45, 2.75) is 13.0 Å². The van der Waals surface area contributed by atoms with E-state index in [1.807, 2.05) is 11.4 Å². The van der Waals surface area contributed by atoms with E-state index < -0.39 is 0 Å². The molecule has 6 heteroatoms. The molecule has 1 amide bonds. The first-order valence-corrected chi connectivity index (χ1v) is 8.01. The highest BCUT2D eigenvalue weighted by Crippen LogP contribution is 2.15. The van der Waals surface area contributed by atoms with Crippen LogP contribution in [0.15, 0.2) is 11.4 Å². The van der Waals surface area contributed by atoms with Gasteiger partial charge in [-0.1, -0.05) is 18.8 Å². The lowest BCUT2D eigenvalue weighted by Gasteiger charge is -2.32. The maximum Gasteiger partial charge on any atom is 0.262 e. The number of morpholine rings is 1. The van der Waals surface area contributed by atoms with Gasteiger partial charge in [-0.2, -0.15) is 0 Å². The van der Waals surface area contributed by atoms with Gasteiger partial charge in [-0.15, -0.1) is 11.3 Å². The summed E-state index contributed by atoms with van der Waals surface area (Å²) in [6, 6.07) is 1.85. The molecule has 0 saturated carbocycles. The number of hydrogen-bond donors (Lipinski definition) is 2. The van der Waals surface area contributed by atoms with E-state index in [2.05, 4.69) is 29.0 Å². The lowest BCUT2D eigenvalue weighted by molar-refractivity contribution is -0.0245. The number of hydrogen-bond acceptors (Lipinski definition) is 5. The zero-order valence-corrected chi connectivity index (χ0v) is 13.0. The first-order valence-electron chi connectivity index (χ1n) is 7.13. The van der Waals surface area contributed by atoms with Crippen LogP contribution in [-0.4, -0.2) is 56.2 Å². The third-order valence-corrected chi connectivity index (χ3v) is 4.27. The van der Waals surface area contributed by atoms with Gasteiger partial charge in [0.15, 0.2) is 0 Å². The Bertz CT molecular complexity index is 533. The van der Waals surface area contributed by atoms with Crippen molar-refractivity contribution in [1.82, 2.24) is 10.2 Å². The van der Waals surface area contributed by atoms with Gasteiger partial charge in [0.1, 0.15) is 4.88 Å². The average molecular weight is 307 g/mol. The minimum atomic E-state index is -0.0939. The van der Waals surface area contributed by atoms with E-state index >= 15 is 0 Å². The molecule has 1 fully saturated rings. The molecule has 2 rings (SSSR count). The molecule has 5 nitrogen and oxygen atoms in total. The van der Waals surface area contributed by atoms with Gasteiger partial charge in [0.25, 0.3) is 5.91 Å². The number of carbonyl (C=O) groups is 1. The zero-order chi connectivity index (χ0) is 15.1. The predicted molar refractivity (Wildman–Crippen MR) is 84.4 cm³/mol. The van der Waals surface area contributed by atoms with Crippen molar-refractivity contribution in [2.24, 2.45) is 5.73 Å². The molecule has 2 heterocycles. The van der Waals surface area contributed by atoms with Crippen molar-refractivity contribution in [3.63, 3.8) is 0 Å². The molecule has 0 spiro atoms. The Kier molecular flexibility index (Phi) is 6.21. The molecule has 3 N–H and O–H groups in total. The molecule has 1 atom stereocenters. The third kappa shape index (κ3) is 4.55. The number of nitrogens with two attached hydrogens (primary N) is 1. The van der Waals surface area contributed by atoms with Gasteiger partial charge >= 0.3 is 0 Å². The van der Waals surface area contributed by atoms with Crippen LogP contribution in [0.3, 0.4) is 0 Å². The van der Waals surface area contributed by atoms with E-state index in [0.29, 0.717) is 18.0 Å². The number of rotatable bonds is 4. The Morgan fingerprint density at radius 2 is 2.52 bits per heavy atom. The molecule has 0 radical (unpaired) electrons. The van der Waals surface area contributed by atoms with Gasteiger partial charge in [0.05, 0.1) is 19.3 Å². The monoisotopic (exact) mass is 307 g/mol. The van der Waals surface area contributed by atoms with Crippen LogP contribution in [-0.2, 0) is 4.74 Å². The summed E-state index contributed by atoms with van der Waals surface area (Å²) in [4.78, 5) is 15.2. The summed E-state index contributed by atoms with van der Waals surface area (Å²) in [5.74, 6) is 5.61. The van der Waals surface area contributed by atoms with Crippen molar-refractivity contribution in [2.75, 3.05) is 39.3 Å². The molecule has 1 aliphatic heterocycles. The predicted octanol–water partition coefficient (Wildman–Crippen LogP) is 0.509. The van der Waals surface area contributed by atoms with Crippen molar-refractivity contribution < 1.29 is 9.53 Å². The average Bonchev–Trinajstić information content (AvgIpc) is 2.99. The van der Waals surface area contributed by atoms with Crippen molar-refractivity contribution in [3.05, 3.63) is 21.9 Å². The lowest BCUT2D eigenvalue weighted by atomic mass is 10.2. The number of nitrogens with one attached hydrogen (secondary N) is 1. The van der Waals surface area contributed by atoms with Crippen LogP contribution in [0, 0.1) is 11.8 Å². The summed E-state index contributed by atoms with van der Waals surface area (Å²) in [7, 11) is 0. The van der Waals surface area contributed by atoms with E-state index in [1.165, 1.54) is 11.3 Å². The Balaban J connectivity index is 1.88. The molecule has 1 aliphatic rings. The fraction of sp³-hybridized carbons (Fsp3) is 0.533. The van der Waals surface area contributed by atoms with Crippen molar-refractivity contribution >= 4 is 17.2 Å². The number of nitrogens with zero attached hydrogens (tertiary/aromatic N) is 1. The molecule has 0 bridgehead atoms. The van der Waals surface area contributed by atoms with Gasteiger partial charge < -0.3 is 15.8 Å². The van der Waals surface area contributed by atoms with E-state index in [9.17, 15) is 4.79 Å². The van der Waals surface area contributed by atoms with E-state index in [1.54, 1.807) is 0 Å². The van der Waals surface area contributed by atoms with Crippen LogP contribution in [0.25, 0.3) is 0 Å². The molecule has 1 unspecified atom stereocenters. The highest BCUT2D eigenvalue weighted by Gasteiger charge is 2.20. The number of amides is 1. The fourth-order valence-electron chi connectivity index (χ4n) is 2.21. The van der Waals surface area contributed by atoms with Crippen LogP contribution < -0.4 is 11.1 Å². The second-order valence-electron chi connectivity index (χ2n) is 4.77. The topological polar surface area (TPSA) is 67.6 Å². The molecule has 1 saturated heterocycles. The fourth-order valence-corrected chi connectivity index (χ4v) is 2.97. The summed E-state index contributed by atoms with van der Waals surface area (Å²) >= 11 is 1.39. The van der Waals surface area contributed by atoms with E-state index in [4.69, 9.17) is 10.5 Å². The Labute approximate surface area is 129 Å². The highest BCUT2D eigenvalue weighted by molar-refractivity contribution is 7.12. The highest BCUT2D eigenvalue weighted by atomic mass is 32.1. The molecule has 21 heavy (non-hydrogen) atoms. The maximum absolute atomic E-state index is 12.2. The number of carbonyl (C=O) groups excluding carboxylic acids is 1. The first-order chi connectivity index (χ1) is 10.2. The van der Waals surface area contributed by atoms with Crippen LogP contribution in [0.2, 0.25) is 0 Å². The van der Waals surface area contributed by atoms with Gasteiger partial charge in [0.2, 0.25) is 0 Å². The van der Waals surface area contributed by atoms with Crippen LogP contribution in [0.4, 0.5) is 0 Å². The second-order valence-corrected chi connectivity index (χ2v) is 5.68. The molecule has 114 valence electrons. The standard InChI is InChI=1S/C15H21N3O2S/c1-2-18-7-8-20-13(11-18)10-17-15(19)14-12(4-3-6-16)5-9-21-14/h5,9,13H,2,6-8,10-11,16H2,1H3,(H,17,19). The van der Waals surface area contributed by atoms with Gasteiger partial charge in [-0.25, -0.2) is 0 Å².